The van der Waals surface area contributed by atoms with Crippen LogP contribution in [0.2, 0.25) is 0 Å². The van der Waals surface area contributed by atoms with Crippen LogP contribution in [0.15, 0.2) is 30.3 Å². The van der Waals surface area contributed by atoms with Crippen molar-refractivity contribution in [3.8, 4) is 0 Å². The molecule has 6 heteroatoms. The quantitative estimate of drug-likeness (QED) is 0.741. The Morgan fingerprint density at radius 3 is 2.19 bits per heavy atom. The lowest BCUT2D eigenvalue weighted by molar-refractivity contribution is -0.180. The van der Waals surface area contributed by atoms with Gasteiger partial charge in [-0.1, -0.05) is 43.2 Å². The van der Waals surface area contributed by atoms with Crippen LogP contribution in [-0.2, 0) is 14.8 Å². The summed E-state index contributed by atoms with van der Waals surface area (Å²) in [6.07, 6.45) is 5.71. The standard InChI is InChI=1S/C21H30N2O3S/c1-16(2)27(25,26)22-14-10-18(11-15-22)23-19(17-8-4-3-5-9-17)21(20(23)24)12-6-7-13-21/h3-5,8-9,16,18-19H,6-7,10-15H2,1-2H3. The molecule has 1 aromatic rings. The van der Waals surface area contributed by atoms with Crippen molar-refractivity contribution >= 4 is 15.9 Å². The summed E-state index contributed by atoms with van der Waals surface area (Å²) in [5, 5.41) is -0.390. The first kappa shape index (κ1) is 18.9. The number of hydrogen-bond donors (Lipinski definition) is 0. The van der Waals surface area contributed by atoms with Crippen LogP contribution in [0.3, 0.4) is 0 Å². The van der Waals surface area contributed by atoms with E-state index in [1.165, 1.54) is 5.56 Å². The van der Waals surface area contributed by atoms with Crippen LogP contribution in [0.5, 0.6) is 0 Å². The summed E-state index contributed by atoms with van der Waals surface area (Å²) in [5.74, 6) is 0.305. The smallest absolute Gasteiger partial charge is 0.232 e. The number of nitrogens with zero attached hydrogens (tertiary/aromatic N) is 2. The summed E-state index contributed by atoms with van der Waals surface area (Å²) >= 11 is 0. The number of benzene rings is 1. The third-order valence-electron chi connectivity index (χ3n) is 6.85. The molecule has 148 valence electrons. The third kappa shape index (κ3) is 2.92. The number of hydrogen-bond acceptors (Lipinski definition) is 3. The van der Waals surface area contributed by atoms with Gasteiger partial charge in [0.15, 0.2) is 0 Å². The van der Waals surface area contributed by atoms with Gasteiger partial charge in [-0.15, -0.1) is 0 Å². The molecule has 0 bridgehead atoms. The summed E-state index contributed by atoms with van der Waals surface area (Å²) in [6.45, 7) is 4.50. The minimum absolute atomic E-state index is 0.146. The number of piperidine rings is 1. The third-order valence-corrected chi connectivity index (χ3v) is 9.12. The zero-order chi connectivity index (χ0) is 19.2. The van der Waals surface area contributed by atoms with Gasteiger partial charge in [0.05, 0.1) is 16.7 Å². The van der Waals surface area contributed by atoms with E-state index in [9.17, 15) is 13.2 Å². The Hall–Kier alpha value is -1.40. The molecule has 3 fully saturated rings. The molecule has 0 aromatic heterocycles. The van der Waals surface area contributed by atoms with E-state index in [2.05, 4.69) is 29.2 Å². The molecule has 1 saturated carbocycles. The van der Waals surface area contributed by atoms with Gasteiger partial charge in [0.2, 0.25) is 15.9 Å². The van der Waals surface area contributed by atoms with Crippen LogP contribution in [-0.4, -0.2) is 47.9 Å². The van der Waals surface area contributed by atoms with E-state index >= 15 is 0 Å². The molecule has 2 saturated heterocycles. The average molecular weight is 391 g/mol. The predicted molar refractivity (Wildman–Crippen MR) is 106 cm³/mol. The van der Waals surface area contributed by atoms with Crippen molar-refractivity contribution < 1.29 is 13.2 Å². The first-order valence-electron chi connectivity index (χ1n) is 10.2. The van der Waals surface area contributed by atoms with Crippen LogP contribution in [0, 0.1) is 5.41 Å². The van der Waals surface area contributed by atoms with Gasteiger partial charge >= 0.3 is 0 Å². The predicted octanol–water partition coefficient (Wildman–Crippen LogP) is 3.33. The minimum Gasteiger partial charge on any atom is -0.331 e. The van der Waals surface area contributed by atoms with Gasteiger partial charge in [-0.2, -0.15) is 0 Å². The van der Waals surface area contributed by atoms with Crippen molar-refractivity contribution in [2.75, 3.05) is 13.1 Å². The average Bonchev–Trinajstić information content (AvgIpc) is 3.18. The molecule has 1 amide bonds. The van der Waals surface area contributed by atoms with Gasteiger partial charge in [-0.05, 0) is 45.1 Å². The van der Waals surface area contributed by atoms with Crippen LogP contribution < -0.4 is 0 Å². The molecule has 4 rings (SSSR count). The highest BCUT2D eigenvalue weighted by Crippen LogP contribution is 2.60. The molecular weight excluding hydrogens is 360 g/mol. The summed E-state index contributed by atoms with van der Waals surface area (Å²) in [7, 11) is -3.21. The van der Waals surface area contributed by atoms with E-state index < -0.39 is 15.3 Å². The molecular formula is C21H30N2O3S. The van der Waals surface area contributed by atoms with Crippen LogP contribution in [0.4, 0.5) is 0 Å². The van der Waals surface area contributed by atoms with Gasteiger partial charge < -0.3 is 4.90 Å². The second kappa shape index (κ2) is 6.89. The first-order chi connectivity index (χ1) is 12.9. The first-order valence-corrected chi connectivity index (χ1v) is 11.7. The fraction of sp³-hybridized carbons (Fsp3) is 0.667. The second-order valence-corrected chi connectivity index (χ2v) is 11.1. The van der Waals surface area contributed by atoms with Gasteiger partial charge in [0.1, 0.15) is 0 Å². The monoisotopic (exact) mass is 390 g/mol. The lowest BCUT2D eigenvalue weighted by Crippen LogP contribution is -2.66. The zero-order valence-corrected chi connectivity index (χ0v) is 17.1. The highest BCUT2D eigenvalue weighted by atomic mass is 32.2. The van der Waals surface area contributed by atoms with Crippen molar-refractivity contribution in [1.82, 2.24) is 9.21 Å². The lowest BCUT2D eigenvalue weighted by atomic mass is 9.65. The number of carbonyl (C=O) groups excluding carboxylic acids is 1. The summed E-state index contributed by atoms with van der Waals surface area (Å²) in [6, 6.07) is 10.7. The summed E-state index contributed by atoms with van der Waals surface area (Å²) < 4.78 is 26.5. The maximum absolute atomic E-state index is 13.2. The Labute approximate surface area is 162 Å². The Morgan fingerprint density at radius 1 is 1.04 bits per heavy atom. The van der Waals surface area contributed by atoms with E-state index in [-0.39, 0.29) is 17.5 Å². The molecule has 1 aliphatic carbocycles. The van der Waals surface area contributed by atoms with Crippen LogP contribution in [0.1, 0.15) is 64.0 Å². The number of amides is 1. The van der Waals surface area contributed by atoms with Crippen LogP contribution >= 0.6 is 0 Å². The van der Waals surface area contributed by atoms with Crippen molar-refractivity contribution in [1.29, 1.82) is 0 Å². The molecule has 1 spiro atoms. The number of β-lactam (4-membered cyclic amide) rings is 1. The summed E-state index contributed by atoms with van der Waals surface area (Å²) in [4.78, 5) is 15.3. The van der Waals surface area contributed by atoms with E-state index in [0.29, 0.717) is 19.0 Å². The Kier molecular flexibility index (Phi) is 4.83. The maximum Gasteiger partial charge on any atom is 0.232 e. The fourth-order valence-corrected chi connectivity index (χ4v) is 6.67. The minimum atomic E-state index is -3.21. The normalized spacial score (nSPS) is 26.7. The van der Waals surface area contributed by atoms with E-state index in [1.54, 1.807) is 18.2 Å². The van der Waals surface area contributed by atoms with Crippen molar-refractivity contribution in [2.45, 2.75) is 69.7 Å². The number of rotatable bonds is 4. The molecule has 2 heterocycles. The molecule has 0 N–H and O–H groups in total. The van der Waals surface area contributed by atoms with E-state index in [4.69, 9.17) is 0 Å². The van der Waals surface area contributed by atoms with Crippen molar-refractivity contribution in [3.05, 3.63) is 35.9 Å². The highest BCUT2D eigenvalue weighted by Gasteiger charge is 2.63. The largest absolute Gasteiger partial charge is 0.331 e. The second-order valence-electron chi connectivity index (χ2n) is 8.61. The highest BCUT2D eigenvalue weighted by molar-refractivity contribution is 7.89. The zero-order valence-electron chi connectivity index (χ0n) is 16.3. The maximum atomic E-state index is 13.2. The Morgan fingerprint density at radius 2 is 1.63 bits per heavy atom. The van der Waals surface area contributed by atoms with Gasteiger partial charge in [0.25, 0.3) is 0 Å². The Balaban J connectivity index is 1.54. The van der Waals surface area contributed by atoms with Gasteiger partial charge in [0, 0.05) is 19.1 Å². The molecule has 1 atom stereocenters. The molecule has 3 aliphatic rings. The number of likely N-dealkylation sites (tertiary alicyclic amines) is 1. The molecule has 1 unspecified atom stereocenters. The van der Waals surface area contributed by atoms with Crippen LogP contribution in [0.25, 0.3) is 0 Å². The molecule has 5 nitrogen and oxygen atoms in total. The summed E-state index contributed by atoms with van der Waals surface area (Å²) in [5.41, 5.74) is 1.03. The van der Waals surface area contributed by atoms with Crippen molar-refractivity contribution in [2.24, 2.45) is 5.41 Å². The molecule has 27 heavy (non-hydrogen) atoms. The SMILES string of the molecule is CC(C)S(=O)(=O)N1CCC(N2C(=O)C3(CCCC3)C2c2ccccc2)CC1. The number of carbonyl (C=O) groups is 1. The lowest BCUT2D eigenvalue weighted by Gasteiger charge is -2.59. The van der Waals surface area contributed by atoms with Gasteiger partial charge in [-0.3, -0.25) is 4.79 Å². The van der Waals surface area contributed by atoms with Gasteiger partial charge in [-0.25, -0.2) is 12.7 Å². The number of sulfonamides is 1. The topological polar surface area (TPSA) is 57.7 Å². The van der Waals surface area contributed by atoms with E-state index in [1.807, 2.05) is 6.07 Å². The molecule has 2 aliphatic heterocycles. The van der Waals surface area contributed by atoms with Crippen molar-refractivity contribution in [3.63, 3.8) is 0 Å². The molecule has 0 radical (unpaired) electrons. The molecule has 1 aromatic carbocycles. The fourth-order valence-electron chi connectivity index (χ4n) is 5.35. The van der Waals surface area contributed by atoms with E-state index in [0.717, 1.165) is 38.5 Å². The Bertz CT molecular complexity index is 792.